The van der Waals surface area contributed by atoms with Crippen LogP contribution in [0.3, 0.4) is 0 Å². The lowest BCUT2D eigenvalue weighted by Gasteiger charge is -2.44. The summed E-state index contributed by atoms with van der Waals surface area (Å²) in [5, 5.41) is 6.75. The molecule has 0 bridgehead atoms. The van der Waals surface area contributed by atoms with Crippen LogP contribution in [0, 0.1) is 0 Å². The van der Waals surface area contributed by atoms with Crippen LogP contribution in [0.15, 0.2) is 245 Å². The average molecular weight is 974 g/mol. The van der Waals surface area contributed by atoms with Crippen LogP contribution in [-0.2, 0) is 5.41 Å². The summed E-state index contributed by atoms with van der Waals surface area (Å²) < 4.78 is 17.2. The Hall–Kier alpha value is -9.52. The Morgan fingerprint density at radius 1 is 0.382 bits per heavy atom. The molecule has 0 radical (unpaired) electrons. The van der Waals surface area contributed by atoms with Crippen LogP contribution in [0.4, 0.5) is 34.1 Å². The van der Waals surface area contributed by atoms with Crippen molar-refractivity contribution in [1.82, 2.24) is 4.57 Å². The second-order valence-electron chi connectivity index (χ2n) is 21.6. The third-order valence-electron chi connectivity index (χ3n) is 16.3. The lowest BCUT2D eigenvalue weighted by atomic mass is 9.33. The maximum Gasteiger partial charge on any atom is 0.257 e. The molecule has 16 rings (SSSR count). The minimum absolute atomic E-state index is 0.00765. The molecule has 0 unspecified atom stereocenters. The highest BCUT2D eigenvalue weighted by Gasteiger charge is 2.48. The summed E-state index contributed by atoms with van der Waals surface area (Å²) in [4.78, 5) is 5.04. The number of rotatable bonds is 5. The third kappa shape index (κ3) is 6.10. The molecule has 0 saturated carbocycles. The zero-order chi connectivity index (χ0) is 50.4. The molecule has 11 aromatic carbocycles. The van der Waals surface area contributed by atoms with Crippen molar-refractivity contribution in [3.05, 3.63) is 242 Å². The van der Waals surface area contributed by atoms with Crippen molar-refractivity contribution in [2.75, 3.05) is 9.80 Å². The van der Waals surface area contributed by atoms with E-state index in [4.69, 9.17) is 8.83 Å². The van der Waals surface area contributed by atoms with Crippen LogP contribution in [0.25, 0.3) is 93.6 Å². The molecule has 76 heavy (non-hydrogen) atoms. The van der Waals surface area contributed by atoms with Gasteiger partial charge in [0.2, 0.25) is 0 Å². The van der Waals surface area contributed by atoms with Crippen molar-refractivity contribution in [1.29, 1.82) is 0 Å². The second-order valence-corrected chi connectivity index (χ2v) is 21.6. The molecular weight excluding hydrogens is 926 g/mol. The first-order valence-electron chi connectivity index (χ1n) is 26.4. The number of hydrogen-bond acceptors (Lipinski definition) is 4. The van der Waals surface area contributed by atoms with E-state index < -0.39 is 0 Å². The standard InChI is InChI=1S/C70H48BN3O2/c1-70(2,3)46-35-38-57-53(41-46)50-28-14-18-32-56(50)72(57)48-36-37-54-58(42-48)74(55-31-17-13-27-49(55)44-23-9-5-10-24-44)60-40-45(43-21-7-4-8-22-43)39-59-65(60)71(54)66-67(73(59)47-25-11-6-12-26-47)69-64(52-30-16-20-34-62(52)76-69)63-51-29-15-19-33-61(51)75-68(63)66/h4-42H,1-3H3. The summed E-state index contributed by atoms with van der Waals surface area (Å²) in [6.45, 7) is 6.60. The molecule has 2 aliphatic heterocycles. The van der Waals surface area contributed by atoms with Crippen LogP contribution in [0.2, 0.25) is 0 Å². The van der Waals surface area contributed by atoms with Gasteiger partial charge >= 0.3 is 0 Å². The van der Waals surface area contributed by atoms with E-state index in [0.717, 1.165) is 111 Å². The predicted molar refractivity (Wildman–Crippen MR) is 319 cm³/mol. The number of fused-ring (bicyclic) bond motifs is 16. The van der Waals surface area contributed by atoms with Gasteiger partial charge in [0, 0.05) is 71.8 Å². The van der Waals surface area contributed by atoms with Crippen LogP contribution in [0.5, 0.6) is 0 Å². The molecule has 0 atom stereocenters. The summed E-state index contributed by atoms with van der Waals surface area (Å²) in [6.07, 6.45) is 0. The van der Waals surface area contributed by atoms with E-state index in [1.807, 2.05) is 0 Å². The average Bonchev–Trinajstić information content (AvgIpc) is 4.29. The van der Waals surface area contributed by atoms with Gasteiger partial charge in [0.05, 0.1) is 22.4 Å². The zero-order valence-electron chi connectivity index (χ0n) is 42.3. The van der Waals surface area contributed by atoms with E-state index in [2.05, 4.69) is 272 Å². The highest BCUT2D eigenvalue weighted by atomic mass is 16.3. The normalized spacial score (nSPS) is 13.1. The first-order valence-corrected chi connectivity index (χ1v) is 26.4. The number of nitrogens with zero attached hydrogens (tertiary/aromatic N) is 3. The molecule has 358 valence electrons. The SMILES string of the molecule is CC(C)(C)c1ccc2c(c1)c1ccccc1n2-c1ccc2c(c1)N(c1ccccc1-c1ccccc1)c1cc(-c3ccccc3)cc3c1B2c1c(c2oc4ccccc4c2c2c1oc1ccccc12)N3c1ccccc1. The van der Waals surface area contributed by atoms with Gasteiger partial charge in [0.15, 0.2) is 5.58 Å². The van der Waals surface area contributed by atoms with Gasteiger partial charge in [-0.15, -0.1) is 0 Å². The summed E-state index contributed by atoms with van der Waals surface area (Å²) >= 11 is 0. The fourth-order valence-corrected chi connectivity index (χ4v) is 12.9. The molecule has 3 aromatic heterocycles. The lowest BCUT2D eigenvalue weighted by molar-refractivity contribution is 0.591. The van der Waals surface area contributed by atoms with Crippen molar-refractivity contribution >= 4 is 123 Å². The second kappa shape index (κ2) is 16.0. The molecule has 6 heteroatoms. The maximum atomic E-state index is 7.40. The van der Waals surface area contributed by atoms with E-state index in [1.54, 1.807) is 0 Å². The van der Waals surface area contributed by atoms with Crippen LogP contribution in [0.1, 0.15) is 26.3 Å². The van der Waals surface area contributed by atoms with Gasteiger partial charge in [-0.25, -0.2) is 0 Å². The fourth-order valence-electron chi connectivity index (χ4n) is 12.9. The molecular formula is C70H48BN3O2. The van der Waals surface area contributed by atoms with E-state index in [9.17, 15) is 0 Å². The molecule has 0 spiro atoms. The minimum Gasteiger partial charge on any atom is -0.456 e. The van der Waals surface area contributed by atoms with Gasteiger partial charge in [-0.1, -0.05) is 185 Å². The van der Waals surface area contributed by atoms with Crippen molar-refractivity contribution in [2.24, 2.45) is 0 Å². The van der Waals surface area contributed by atoms with Gasteiger partial charge < -0.3 is 23.2 Å². The third-order valence-corrected chi connectivity index (χ3v) is 16.3. The number of para-hydroxylation sites is 5. The summed E-state index contributed by atoms with van der Waals surface area (Å²) in [5.74, 6) is 0. The van der Waals surface area contributed by atoms with E-state index in [0.29, 0.717) is 0 Å². The Bertz CT molecular complexity index is 4700. The Labute approximate surface area is 440 Å². The predicted octanol–water partition coefficient (Wildman–Crippen LogP) is 17.3. The number of hydrogen-bond donors (Lipinski definition) is 0. The Morgan fingerprint density at radius 2 is 0.961 bits per heavy atom. The van der Waals surface area contributed by atoms with Crippen molar-refractivity contribution in [3.8, 4) is 27.9 Å². The van der Waals surface area contributed by atoms with E-state index in [-0.39, 0.29) is 12.1 Å². The van der Waals surface area contributed by atoms with Crippen molar-refractivity contribution in [3.63, 3.8) is 0 Å². The van der Waals surface area contributed by atoms with Crippen LogP contribution in [-0.4, -0.2) is 11.3 Å². The van der Waals surface area contributed by atoms with Gasteiger partial charge in [-0.2, -0.15) is 0 Å². The van der Waals surface area contributed by atoms with Crippen molar-refractivity contribution < 1.29 is 8.83 Å². The van der Waals surface area contributed by atoms with Gasteiger partial charge in [-0.05, 0) is 111 Å². The highest BCUT2D eigenvalue weighted by molar-refractivity contribution is 7.02. The number of benzene rings is 11. The molecule has 5 heterocycles. The monoisotopic (exact) mass is 973 g/mol. The largest absolute Gasteiger partial charge is 0.456 e. The smallest absolute Gasteiger partial charge is 0.257 e. The van der Waals surface area contributed by atoms with Gasteiger partial charge in [0.25, 0.3) is 6.71 Å². The molecule has 14 aromatic rings. The molecule has 0 saturated heterocycles. The van der Waals surface area contributed by atoms with Gasteiger partial charge in [-0.3, -0.25) is 0 Å². The molecule has 0 amide bonds. The molecule has 0 aliphatic carbocycles. The minimum atomic E-state index is -0.290. The van der Waals surface area contributed by atoms with E-state index in [1.165, 1.54) is 38.3 Å². The summed E-state index contributed by atoms with van der Waals surface area (Å²) in [7, 11) is 0. The topological polar surface area (TPSA) is 37.7 Å². The highest BCUT2D eigenvalue weighted by Crippen LogP contribution is 2.53. The Morgan fingerprint density at radius 3 is 1.68 bits per heavy atom. The quantitative estimate of drug-likeness (QED) is 0.161. The van der Waals surface area contributed by atoms with E-state index >= 15 is 0 Å². The molecule has 2 aliphatic rings. The fraction of sp³-hybridized carbons (Fsp3) is 0.0571. The Balaban J connectivity index is 1.09. The first-order chi connectivity index (χ1) is 37.4. The zero-order valence-corrected chi connectivity index (χ0v) is 42.3. The van der Waals surface area contributed by atoms with Crippen LogP contribution >= 0.6 is 0 Å². The molecule has 5 nitrogen and oxygen atoms in total. The summed E-state index contributed by atoms with van der Waals surface area (Å²) in [6, 6.07) is 86.5. The van der Waals surface area contributed by atoms with Gasteiger partial charge in [0.1, 0.15) is 16.7 Å². The number of anilines is 6. The lowest BCUT2D eigenvalue weighted by Crippen LogP contribution is -2.61. The number of furan rings is 2. The molecule has 0 fully saturated rings. The first kappa shape index (κ1) is 42.9. The number of aromatic nitrogens is 1. The van der Waals surface area contributed by atoms with Crippen molar-refractivity contribution in [2.45, 2.75) is 26.2 Å². The Kier molecular flexibility index (Phi) is 9.04. The van der Waals surface area contributed by atoms with Crippen LogP contribution < -0.4 is 26.2 Å². The molecule has 0 N–H and O–H groups in total. The maximum absolute atomic E-state index is 7.40. The summed E-state index contributed by atoms with van der Waals surface area (Å²) in [5.41, 5.74) is 22.5.